The Hall–Kier alpha value is -1.58. The van der Waals surface area contributed by atoms with Gasteiger partial charge in [-0.25, -0.2) is 9.78 Å². The minimum Gasteiger partial charge on any atom is -0.476 e. The number of likely N-dealkylation sites (tertiary alicyclic amines) is 1. The van der Waals surface area contributed by atoms with Gasteiger partial charge < -0.3 is 15.3 Å². The van der Waals surface area contributed by atoms with Crippen LogP contribution in [0.2, 0.25) is 0 Å². The smallest absolute Gasteiger partial charge is 0.355 e. The third-order valence-electron chi connectivity index (χ3n) is 4.37. The van der Waals surface area contributed by atoms with Crippen molar-refractivity contribution >= 4 is 56.6 Å². The Labute approximate surface area is 174 Å². The van der Waals surface area contributed by atoms with Crippen LogP contribution in [-0.2, 0) is 4.79 Å². The molecule has 1 aliphatic heterocycles. The maximum absolute atomic E-state index is 12.2. The zero-order valence-electron chi connectivity index (χ0n) is 14.8. The number of nitrogens with one attached hydrogen (secondary N) is 1. The van der Waals surface area contributed by atoms with E-state index in [1.54, 1.807) is 0 Å². The van der Waals surface area contributed by atoms with Crippen LogP contribution in [0.3, 0.4) is 0 Å². The number of aryl methyl sites for hydroxylation is 1. The van der Waals surface area contributed by atoms with Crippen molar-refractivity contribution in [1.29, 1.82) is 0 Å². The van der Waals surface area contributed by atoms with Crippen LogP contribution in [0.15, 0.2) is 32.4 Å². The van der Waals surface area contributed by atoms with Crippen molar-refractivity contribution in [3.63, 3.8) is 0 Å². The maximum Gasteiger partial charge on any atom is 0.355 e. The lowest BCUT2D eigenvalue weighted by molar-refractivity contribution is -0.128. The fourth-order valence-corrected chi connectivity index (χ4v) is 5.40. The Morgan fingerprint density at radius 3 is 3.04 bits per heavy atom. The molecule has 2 N–H and O–H groups in total. The number of thiazole rings is 1. The van der Waals surface area contributed by atoms with E-state index in [0.717, 1.165) is 20.9 Å². The maximum atomic E-state index is 12.2. The Bertz CT molecular complexity index is 843. The molecule has 2 heterocycles. The molecule has 27 heavy (non-hydrogen) atoms. The molecule has 2 aromatic rings. The molecule has 0 saturated carbocycles. The normalized spacial score (nSPS) is 16.7. The highest BCUT2D eigenvalue weighted by molar-refractivity contribution is 9.10. The molecule has 144 valence electrons. The van der Waals surface area contributed by atoms with E-state index in [-0.39, 0.29) is 17.6 Å². The lowest BCUT2D eigenvalue weighted by Gasteiger charge is -2.25. The second-order valence-corrected chi connectivity index (χ2v) is 9.35. The van der Waals surface area contributed by atoms with Crippen molar-refractivity contribution in [1.82, 2.24) is 9.88 Å². The number of amides is 1. The van der Waals surface area contributed by atoms with Crippen LogP contribution in [0.4, 0.5) is 5.69 Å². The summed E-state index contributed by atoms with van der Waals surface area (Å²) in [7, 11) is 0. The summed E-state index contributed by atoms with van der Waals surface area (Å²) < 4.78 is 1.74. The average molecular weight is 470 g/mol. The molecule has 1 saturated heterocycles. The van der Waals surface area contributed by atoms with Gasteiger partial charge in [0.2, 0.25) is 5.91 Å². The average Bonchev–Trinajstić information content (AvgIpc) is 3.22. The van der Waals surface area contributed by atoms with Crippen molar-refractivity contribution < 1.29 is 14.7 Å². The zero-order valence-corrected chi connectivity index (χ0v) is 18.0. The van der Waals surface area contributed by atoms with Gasteiger partial charge in [-0.2, -0.15) is 0 Å². The molecular formula is C18H20BrN3O3S2. The second-order valence-electron chi connectivity index (χ2n) is 6.30. The van der Waals surface area contributed by atoms with E-state index in [4.69, 9.17) is 5.11 Å². The van der Waals surface area contributed by atoms with Crippen LogP contribution >= 0.6 is 39.0 Å². The Morgan fingerprint density at radius 2 is 2.33 bits per heavy atom. The number of nitrogens with zero attached hydrogens (tertiary/aromatic N) is 2. The highest BCUT2D eigenvalue weighted by Crippen LogP contribution is 2.27. The van der Waals surface area contributed by atoms with Gasteiger partial charge in [-0.05, 0) is 47.0 Å². The largest absolute Gasteiger partial charge is 0.476 e. The molecule has 1 amide bonds. The van der Waals surface area contributed by atoms with Crippen molar-refractivity contribution in [3.8, 4) is 0 Å². The van der Waals surface area contributed by atoms with Gasteiger partial charge in [-0.15, -0.1) is 11.3 Å². The van der Waals surface area contributed by atoms with Crippen LogP contribution in [0, 0.1) is 6.92 Å². The number of carbonyl (C=O) groups is 2. The third kappa shape index (κ3) is 5.24. The Kier molecular flexibility index (Phi) is 6.78. The number of carboxylic acid groups (broad SMARTS) is 1. The summed E-state index contributed by atoms with van der Waals surface area (Å²) in [6, 6.07) is 6.33. The van der Waals surface area contributed by atoms with E-state index in [1.165, 1.54) is 34.0 Å². The number of halogens is 1. The lowest BCUT2D eigenvalue weighted by atomic mass is 10.2. The van der Waals surface area contributed by atoms with Crippen LogP contribution in [-0.4, -0.2) is 51.8 Å². The molecule has 0 aliphatic carbocycles. The molecule has 1 fully saturated rings. The molecule has 0 spiro atoms. The van der Waals surface area contributed by atoms with Crippen LogP contribution in [0.25, 0.3) is 0 Å². The van der Waals surface area contributed by atoms with Gasteiger partial charge >= 0.3 is 5.97 Å². The molecule has 0 radical (unpaired) electrons. The molecule has 1 aromatic carbocycles. The quantitative estimate of drug-likeness (QED) is 0.566. The number of thioether (sulfide) groups is 1. The second kappa shape index (κ2) is 9.07. The summed E-state index contributed by atoms with van der Waals surface area (Å²) in [6.45, 7) is 3.39. The molecule has 3 rings (SSSR count). The van der Waals surface area contributed by atoms with Crippen LogP contribution in [0.1, 0.15) is 28.9 Å². The van der Waals surface area contributed by atoms with Gasteiger partial charge in [0.05, 0.1) is 0 Å². The molecule has 1 aromatic heterocycles. The molecule has 0 bridgehead atoms. The number of hydrogen-bond acceptors (Lipinski definition) is 6. The fourth-order valence-electron chi connectivity index (χ4n) is 2.96. The number of benzene rings is 1. The van der Waals surface area contributed by atoms with E-state index in [2.05, 4.69) is 38.4 Å². The first-order chi connectivity index (χ1) is 12.9. The predicted molar refractivity (Wildman–Crippen MR) is 112 cm³/mol. The van der Waals surface area contributed by atoms with Gasteiger partial charge in [0.15, 0.2) is 10.0 Å². The van der Waals surface area contributed by atoms with E-state index < -0.39 is 5.97 Å². The molecule has 1 atom stereocenters. The van der Waals surface area contributed by atoms with Crippen molar-refractivity contribution in [2.75, 3.05) is 24.2 Å². The first kappa shape index (κ1) is 20.2. The number of hydrogen-bond donors (Lipinski definition) is 2. The van der Waals surface area contributed by atoms with Gasteiger partial charge in [-0.1, -0.05) is 17.8 Å². The summed E-state index contributed by atoms with van der Waals surface area (Å²) >= 11 is 6.38. The first-order valence-corrected chi connectivity index (χ1v) is 11.2. The summed E-state index contributed by atoms with van der Waals surface area (Å²) in [5.74, 6) is -0.139. The SMILES string of the molecule is Cc1ccc(NCC2CCC(=O)N2CCSc2nc(C(=O)O)cs2)c(Br)c1. The van der Waals surface area contributed by atoms with E-state index in [9.17, 15) is 9.59 Å². The number of aromatic carboxylic acids is 1. The summed E-state index contributed by atoms with van der Waals surface area (Å²) in [5.41, 5.74) is 2.29. The van der Waals surface area contributed by atoms with Crippen molar-refractivity contribution in [2.45, 2.75) is 30.1 Å². The Balaban J connectivity index is 1.52. The zero-order chi connectivity index (χ0) is 19.4. The predicted octanol–water partition coefficient (Wildman–Crippen LogP) is 4.11. The highest BCUT2D eigenvalue weighted by Gasteiger charge is 2.30. The number of rotatable bonds is 8. The third-order valence-corrected chi connectivity index (χ3v) is 7.02. The van der Waals surface area contributed by atoms with Gasteiger partial charge in [0.1, 0.15) is 0 Å². The van der Waals surface area contributed by atoms with Gasteiger partial charge in [-0.3, -0.25) is 4.79 Å². The summed E-state index contributed by atoms with van der Waals surface area (Å²) in [5, 5.41) is 13.9. The number of carbonyl (C=O) groups excluding carboxylic acids is 1. The van der Waals surface area contributed by atoms with E-state index >= 15 is 0 Å². The van der Waals surface area contributed by atoms with E-state index in [1.807, 2.05) is 17.9 Å². The molecule has 9 heteroatoms. The number of aromatic nitrogens is 1. The summed E-state index contributed by atoms with van der Waals surface area (Å²) in [6.07, 6.45) is 1.42. The Morgan fingerprint density at radius 1 is 1.52 bits per heavy atom. The molecule has 1 aliphatic rings. The lowest BCUT2D eigenvalue weighted by Crippen LogP contribution is -2.39. The van der Waals surface area contributed by atoms with Gasteiger partial charge in [0, 0.05) is 46.8 Å². The first-order valence-electron chi connectivity index (χ1n) is 8.55. The highest BCUT2D eigenvalue weighted by atomic mass is 79.9. The topological polar surface area (TPSA) is 82.5 Å². The minimum absolute atomic E-state index is 0.0745. The van der Waals surface area contributed by atoms with Crippen molar-refractivity contribution in [3.05, 3.63) is 39.3 Å². The van der Waals surface area contributed by atoms with Gasteiger partial charge in [0.25, 0.3) is 0 Å². The summed E-state index contributed by atoms with van der Waals surface area (Å²) in [4.78, 5) is 29.1. The molecule has 1 unspecified atom stereocenters. The number of carboxylic acids is 1. The molecular weight excluding hydrogens is 450 g/mol. The monoisotopic (exact) mass is 469 g/mol. The van der Waals surface area contributed by atoms with Crippen molar-refractivity contribution in [2.24, 2.45) is 0 Å². The minimum atomic E-state index is -1.01. The van der Waals surface area contributed by atoms with E-state index in [0.29, 0.717) is 25.3 Å². The standard InChI is InChI=1S/C18H20BrN3O3S2/c1-11-2-4-14(13(19)8-11)20-9-12-3-5-16(23)22(12)6-7-26-18-21-15(10-27-18)17(24)25/h2,4,8,10,12,20H,3,5-7,9H2,1H3,(H,24,25). The number of anilines is 1. The fraction of sp³-hybridized carbons (Fsp3) is 0.389. The van der Waals surface area contributed by atoms with Crippen LogP contribution < -0.4 is 5.32 Å². The molecule has 6 nitrogen and oxygen atoms in total. The van der Waals surface area contributed by atoms with Crippen LogP contribution in [0.5, 0.6) is 0 Å².